The van der Waals surface area contributed by atoms with Gasteiger partial charge in [0.2, 0.25) is 0 Å². The number of nitrogens with zero attached hydrogens (tertiary/aromatic N) is 1. The van der Waals surface area contributed by atoms with Crippen molar-refractivity contribution in [2.45, 2.75) is 32.6 Å². The number of Topliss-reactive ketones (excluding diaryl/α,β-unsaturated/α-hetero) is 1. The molecule has 0 saturated heterocycles. The van der Waals surface area contributed by atoms with E-state index in [0.29, 0.717) is 6.42 Å². The topological polar surface area (TPSA) is 29.4 Å². The summed E-state index contributed by atoms with van der Waals surface area (Å²) >= 11 is 0. The second-order valence-electron chi connectivity index (χ2n) is 4.44. The van der Waals surface area contributed by atoms with E-state index in [2.05, 4.69) is 18.0 Å². The summed E-state index contributed by atoms with van der Waals surface area (Å²) in [6.07, 6.45) is 7.82. The lowest BCUT2D eigenvalue weighted by Gasteiger charge is -2.15. The minimum atomic E-state index is 0.233. The molecule has 0 bridgehead atoms. The molecule has 76 valence electrons. The molecule has 0 aromatic carbocycles. The summed E-state index contributed by atoms with van der Waals surface area (Å²) in [4.78, 5) is 16.1. The van der Waals surface area contributed by atoms with Gasteiger partial charge >= 0.3 is 0 Å². The van der Waals surface area contributed by atoms with Crippen LogP contribution >= 0.6 is 0 Å². The van der Waals surface area contributed by atoms with Crippen LogP contribution in [0, 0.1) is 0 Å². The van der Waals surface area contributed by atoms with Crippen LogP contribution in [0.4, 0.5) is 0 Å². The molecule has 1 heterocycles. The van der Waals surface area contributed by atoms with Crippen molar-refractivity contribution in [2.75, 3.05) is 0 Å². The van der Waals surface area contributed by atoms with E-state index in [1.807, 2.05) is 6.08 Å². The van der Waals surface area contributed by atoms with Crippen molar-refractivity contribution in [1.82, 2.24) is 0 Å². The fourth-order valence-electron chi connectivity index (χ4n) is 2.49. The molecular formula is C13H13NO. The monoisotopic (exact) mass is 199 g/mol. The number of fused-ring (bicyclic) bond motifs is 2. The van der Waals surface area contributed by atoms with E-state index >= 15 is 0 Å². The molecule has 0 spiro atoms. The van der Waals surface area contributed by atoms with Crippen LogP contribution in [0.1, 0.15) is 32.6 Å². The van der Waals surface area contributed by atoms with Crippen LogP contribution in [-0.4, -0.2) is 11.5 Å². The SMILES string of the molecule is CC1=CC=C2N=C3C(=O)CCCC3=C2C1. The maximum atomic E-state index is 11.7. The molecule has 1 fully saturated rings. The van der Waals surface area contributed by atoms with Gasteiger partial charge in [0.15, 0.2) is 5.78 Å². The van der Waals surface area contributed by atoms with Crippen LogP contribution in [0.3, 0.4) is 0 Å². The lowest BCUT2D eigenvalue weighted by Crippen LogP contribution is -2.19. The summed E-state index contributed by atoms with van der Waals surface area (Å²) in [5, 5.41) is 0. The highest BCUT2D eigenvalue weighted by Crippen LogP contribution is 2.38. The van der Waals surface area contributed by atoms with Crippen molar-refractivity contribution < 1.29 is 4.79 Å². The first kappa shape index (κ1) is 8.84. The van der Waals surface area contributed by atoms with Gasteiger partial charge in [0, 0.05) is 6.42 Å². The van der Waals surface area contributed by atoms with E-state index in [-0.39, 0.29) is 5.78 Å². The van der Waals surface area contributed by atoms with Crippen LogP contribution in [-0.2, 0) is 4.79 Å². The van der Waals surface area contributed by atoms with Gasteiger partial charge < -0.3 is 0 Å². The van der Waals surface area contributed by atoms with Gasteiger partial charge in [-0.3, -0.25) is 4.79 Å². The predicted octanol–water partition coefficient (Wildman–Crippen LogP) is 2.72. The Kier molecular flexibility index (Phi) is 1.78. The molecule has 0 unspecified atom stereocenters. The summed E-state index contributed by atoms with van der Waals surface area (Å²) in [5.74, 6) is 0.233. The van der Waals surface area contributed by atoms with Crippen molar-refractivity contribution in [2.24, 2.45) is 4.99 Å². The molecule has 0 amide bonds. The molecule has 2 aliphatic carbocycles. The van der Waals surface area contributed by atoms with Gasteiger partial charge in [-0.2, -0.15) is 0 Å². The smallest absolute Gasteiger partial charge is 0.181 e. The summed E-state index contributed by atoms with van der Waals surface area (Å²) in [7, 11) is 0. The second-order valence-corrected chi connectivity index (χ2v) is 4.44. The lowest BCUT2D eigenvalue weighted by atomic mass is 9.86. The highest BCUT2D eigenvalue weighted by molar-refractivity contribution is 6.48. The normalized spacial score (nSPS) is 24.3. The maximum Gasteiger partial charge on any atom is 0.181 e. The van der Waals surface area contributed by atoms with Crippen molar-refractivity contribution >= 4 is 11.5 Å². The van der Waals surface area contributed by atoms with Crippen molar-refractivity contribution in [3.8, 4) is 0 Å². The number of rotatable bonds is 0. The zero-order valence-electron chi connectivity index (χ0n) is 8.84. The molecule has 0 radical (unpaired) electrons. The Morgan fingerprint density at radius 1 is 1.20 bits per heavy atom. The molecule has 3 rings (SSSR count). The predicted molar refractivity (Wildman–Crippen MR) is 59.8 cm³/mol. The highest BCUT2D eigenvalue weighted by atomic mass is 16.1. The molecule has 0 N–H and O–H groups in total. The van der Waals surface area contributed by atoms with E-state index in [0.717, 1.165) is 30.7 Å². The largest absolute Gasteiger partial charge is 0.292 e. The molecule has 1 aliphatic heterocycles. The number of allylic oxidation sites excluding steroid dienone is 5. The van der Waals surface area contributed by atoms with Gasteiger partial charge in [-0.05, 0) is 43.4 Å². The van der Waals surface area contributed by atoms with Crippen LogP contribution in [0.2, 0.25) is 0 Å². The zero-order valence-corrected chi connectivity index (χ0v) is 8.84. The molecular weight excluding hydrogens is 186 g/mol. The van der Waals surface area contributed by atoms with Crippen LogP contribution in [0.15, 0.2) is 39.6 Å². The molecule has 0 aromatic rings. The first-order valence-corrected chi connectivity index (χ1v) is 5.48. The van der Waals surface area contributed by atoms with E-state index in [9.17, 15) is 4.79 Å². The molecule has 2 heteroatoms. The fourth-order valence-corrected chi connectivity index (χ4v) is 2.49. The highest BCUT2D eigenvalue weighted by Gasteiger charge is 2.31. The van der Waals surface area contributed by atoms with Crippen LogP contribution in [0.5, 0.6) is 0 Å². The number of carbonyl (C=O) groups is 1. The van der Waals surface area contributed by atoms with Crippen molar-refractivity contribution in [1.29, 1.82) is 0 Å². The molecule has 0 atom stereocenters. The van der Waals surface area contributed by atoms with E-state index in [1.165, 1.54) is 16.7 Å². The Bertz CT molecular complexity index is 475. The van der Waals surface area contributed by atoms with E-state index < -0.39 is 0 Å². The molecule has 1 saturated carbocycles. The average Bonchev–Trinajstić information content (AvgIpc) is 2.58. The summed E-state index contributed by atoms with van der Waals surface area (Å²) in [5.41, 5.74) is 5.67. The third-order valence-electron chi connectivity index (χ3n) is 3.27. The van der Waals surface area contributed by atoms with Gasteiger partial charge in [0.1, 0.15) is 5.71 Å². The van der Waals surface area contributed by atoms with Gasteiger partial charge in [0.05, 0.1) is 5.70 Å². The van der Waals surface area contributed by atoms with Crippen LogP contribution in [0.25, 0.3) is 0 Å². The molecule has 3 aliphatic rings. The number of ketones is 1. The minimum absolute atomic E-state index is 0.233. The Hall–Kier alpha value is -1.44. The first-order valence-electron chi connectivity index (χ1n) is 5.48. The van der Waals surface area contributed by atoms with Crippen LogP contribution < -0.4 is 0 Å². The fraction of sp³-hybridized carbons (Fsp3) is 0.385. The number of hydrogen-bond acceptors (Lipinski definition) is 2. The summed E-state index contributed by atoms with van der Waals surface area (Å²) < 4.78 is 0. The standard InChI is InChI=1S/C13H13NO/c1-8-5-6-11-10(7-8)9-3-2-4-12(15)13(9)14-11/h5-6H,2-4,7H2,1H3. The third-order valence-corrected chi connectivity index (χ3v) is 3.27. The maximum absolute atomic E-state index is 11.7. The number of aliphatic imine (C=N–C) groups is 1. The van der Waals surface area contributed by atoms with Crippen molar-refractivity contribution in [3.63, 3.8) is 0 Å². The molecule has 0 aromatic heterocycles. The Balaban J connectivity index is 2.12. The quantitative estimate of drug-likeness (QED) is 0.589. The summed E-state index contributed by atoms with van der Waals surface area (Å²) in [6, 6.07) is 0. The number of carbonyl (C=O) groups excluding carboxylic acids is 1. The Morgan fingerprint density at radius 3 is 2.93 bits per heavy atom. The van der Waals surface area contributed by atoms with E-state index in [4.69, 9.17) is 0 Å². The second kappa shape index (κ2) is 3.02. The average molecular weight is 199 g/mol. The Labute approximate surface area is 89.1 Å². The third kappa shape index (κ3) is 1.24. The first-order chi connectivity index (χ1) is 7.25. The molecule has 15 heavy (non-hydrogen) atoms. The van der Waals surface area contributed by atoms with Gasteiger partial charge in [-0.25, -0.2) is 4.99 Å². The summed E-state index contributed by atoms with van der Waals surface area (Å²) in [6.45, 7) is 2.13. The van der Waals surface area contributed by atoms with Gasteiger partial charge in [-0.1, -0.05) is 11.6 Å². The van der Waals surface area contributed by atoms with Crippen molar-refractivity contribution in [3.05, 3.63) is 34.6 Å². The van der Waals surface area contributed by atoms with Gasteiger partial charge in [-0.15, -0.1) is 0 Å². The van der Waals surface area contributed by atoms with E-state index in [1.54, 1.807) is 0 Å². The zero-order chi connectivity index (χ0) is 10.4. The van der Waals surface area contributed by atoms with Gasteiger partial charge in [0.25, 0.3) is 0 Å². The lowest BCUT2D eigenvalue weighted by molar-refractivity contribution is -0.113. The number of hydrogen-bond donors (Lipinski definition) is 0. The molecule has 2 nitrogen and oxygen atoms in total. The minimum Gasteiger partial charge on any atom is -0.292 e. The Morgan fingerprint density at radius 2 is 2.07 bits per heavy atom.